The van der Waals surface area contributed by atoms with E-state index in [1.54, 1.807) is 24.3 Å². The fourth-order valence-electron chi connectivity index (χ4n) is 6.90. The van der Waals surface area contributed by atoms with Crippen molar-refractivity contribution < 1.29 is 18.4 Å². The van der Waals surface area contributed by atoms with E-state index in [0.717, 1.165) is 25.7 Å². The van der Waals surface area contributed by atoms with E-state index in [4.69, 9.17) is 0 Å². The van der Waals surface area contributed by atoms with Gasteiger partial charge in [0.1, 0.15) is 6.04 Å². The first-order valence-electron chi connectivity index (χ1n) is 11.1. The fraction of sp³-hybridized carbons (Fsp3) is 0.652. The van der Waals surface area contributed by atoms with Gasteiger partial charge in [-0.2, -0.15) is 8.78 Å². The molecule has 5 aliphatic rings. The standard InChI is InChI=1S/C23H28F2N2O2S/c24-22(25)30-18-5-3-17(4-6-18)26-20(28)19-2-1-7-27(19)21(29)23-11-14-8-15(12-23)10-16(9-14)13-23/h3-6,14-16,19,22H,1-2,7-13H2,(H,26,28)/t14?,15?,16?,19-,23?/m1/s1. The lowest BCUT2D eigenvalue weighted by molar-refractivity contribution is -0.160. The number of likely N-dealkylation sites (tertiary alicyclic amines) is 1. The molecule has 1 heterocycles. The molecule has 5 fully saturated rings. The van der Waals surface area contributed by atoms with E-state index in [9.17, 15) is 18.4 Å². The summed E-state index contributed by atoms with van der Waals surface area (Å²) in [5.74, 6) is -0.338. The average molecular weight is 435 g/mol. The Morgan fingerprint density at radius 3 is 2.20 bits per heavy atom. The summed E-state index contributed by atoms with van der Waals surface area (Å²) in [6, 6.07) is 6.02. The monoisotopic (exact) mass is 434 g/mol. The zero-order valence-corrected chi connectivity index (χ0v) is 17.8. The number of anilines is 1. The van der Waals surface area contributed by atoms with Crippen molar-refractivity contribution >= 4 is 29.3 Å². The molecule has 0 aromatic heterocycles. The molecule has 30 heavy (non-hydrogen) atoms. The molecular formula is C23H28F2N2O2S. The number of rotatable bonds is 5. The SMILES string of the molecule is O=C(Nc1ccc(SC(F)F)cc1)[C@H]1CCCN1C(=O)C12CC3CC(CC(C3)C1)C2. The molecule has 4 saturated carbocycles. The quantitative estimate of drug-likeness (QED) is 0.653. The molecule has 1 N–H and O–H groups in total. The van der Waals surface area contributed by atoms with Gasteiger partial charge in [-0.1, -0.05) is 11.8 Å². The topological polar surface area (TPSA) is 49.4 Å². The summed E-state index contributed by atoms with van der Waals surface area (Å²) >= 11 is 0.484. The molecule has 1 aromatic rings. The summed E-state index contributed by atoms with van der Waals surface area (Å²) in [5.41, 5.74) is 0.346. The molecule has 6 rings (SSSR count). The number of thioether (sulfide) groups is 1. The number of nitrogens with zero attached hydrogens (tertiary/aromatic N) is 1. The molecule has 1 atom stereocenters. The van der Waals surface area contributed by atoms with Crippen molar-refractivity contribution in [2.75, 3.05) is 11.9 Å². The zero-order valence-electron chi connectivity index (χ0n) is 17.0. The summed E-state index contributed by atoms with van der Waals surface area (Å²) < 4.78 is 25.0. The molecule has 1 aromatic carbocycles. The largest absolute Gasteiger partial charge is 0.330 e. The van der Waals surface area contributed by atoms with Crippen LogP contribution in [0.3, 0.4) is 0 Å². The van der Waals surface area contributed by atoms with E-state index in [1.807, 2.05) is 4.90 Å². The van der Waals surface area contributed by atoms with Crippen LogP contribution in [0.1, 0.15) is 51.4 Å². The van der Waals surface area contributed by atoms with Crippen LogP contribution >= 0.6 is 11.8 Å². The summed E-state index contributed by atoms with van der Waals surface area (Å²) in [5, 5.41) is 2.89. The van der Waals surface area contributed by atoms with Crippen LogP contribution in [0.15, 0.2) is 29.2 Å². The van der Waals surface area contributed by atoms with Gasteiger partial charge in [0.25, 0.3) is 5.76 Å². The molecule has 0 radical (unpaired) electrons. The third kappa shape index (κ3) is 3.74. The Morgan fingerprint density at radius 2 is 1.63 bits per heavy atom. The normalized spacial score (nSPS) is 34.6. The smallest absolute Gasteiger partial charge is 0.288 e. The van der Waals surface area contributed by atoms with Crippen molar-refractivity contribution in [1.29, 1.82) is 0 Å². The number of carbonyl (C=O) groups excluding carboxylic acids is 2. The van der Waals surface area contributed by atoms with E-state index in [2.05, 4.69) is 5.32 Å². The van der Waals surface area contributed by atoms with Gasteiger partial charge in [-0.05, 0) is 93.4 Å². The Labute approximate surface area is 180 Å². The number of alkyl halides is 2. The van der Waals surface area contributed by atoms with Crippen LogP contribution in [-0.2, 0) is 9.59 Å². The van der Waals surface area contributed by atoms with E-state index in [0.29, 0.717) is 53.1 Å². The first-order chi connectivity index (χ1) is 14.4. The van der Waals surface area contributed by atoms with Gasteiger partial charge >= 0.3 is 0 Å². The van der Waals surface area contributed by atoms with E-state index < -0.39 is 11.8 Å². The van der Waals surface area contributed by atoms with Gasteiger partial charge in [-0.3, -0.25) is 9.59 Å². The Hall–Kier alpha value is -1.63. The second kappa shape index (κ2) is 7.81. The van der Waals surface area contributed by atoms with Gasteiger partial charge in [0.15, 0.2) is 0 Å². The highest BCUT2D eigenvalue weighted by Gasteiger charge is 2.56. The number of amides is 2. The maximum Gasteiger partial charge on any atom is 0.288 e. The van der Waals surface area contributed by atoms with Gasteiger partial charge in [0, 0.05) is 17.1 Å². The molecule has 2 amide bonds. The van der Waals surface area contributed by atoms with Crippen molar-refractivity contribution in [2.24, 2.45) is 23.2 Å². The molecule has 1 saturated heterocycles. The van der Waals surface area contributed by atoms with Gasteiger partial charge in [0.05, 0.1) is 5.41 Å². The lowest BCUT2D eigenvalue weighted by Gasteiger charge is -2.56. The molecule has 0 spiro atoms. The van der Waals surface area contributed by atoms with Crippen LogP contribution in [0.2, 0.25) is 0 Å². The van der Waals surface area contributed by atoms with Crippen molar-refractivity contribution in [3.8, 4) is 0 Å². The molecular weight excluding hydrogens is 406 g/mol. The zero-order chi connectivity index (χ0) is 20.9. The third-order valence-corrected chi connectivity index (χ3v) is 8.38. The summed E-state index contributed by atoms with van der Waals surface area (Å²) in [4.78, 5) is 29.0. The lowest BCUT2D eigenvalue weighted by Crippen LogP contribution is -2.56. The van der Waals surface area contributed by atoms with Crippen molar-refractivity contribution in [3.63, 3.8) is 0 Å². The van der Waals surface area contributed by atoms with Crippen molar-refractivity contribution in [2.45, 2.75) is 68.1 Å². The van der Waals surface area contributed by atoms with E-state index in [1.165, 1.54) is 19.3 Å². The molecule has 7 heteroatoms. The number of nitrogens with one attached hydrogen (secondary N) is 1. The summed E-state index contributed by atoms with van der Waals surface area (Å²) in [6.07, 6.45) is 8.41. The van der Waals surface area contributed by atoms with Gasteiger partial charge < -0.3 is 10.2 Å². The van der Waals surface area contributed by atoms with Crippen molar-refractivity contribution in [1.82, 2.24) is 4.90 Å². The Morgan fingerprint density at radius 1 is 1.03 bits per heavy atom. The molecule has 162 valence electrons. The van der Waals surface area contributed by atoms with Crippen LogP contribution in [0, 0.1) is 23.2 Å². The number of benzene rings is 1. The number of carbonyl (C=O) groups is 2. The highest BCUT2D eigenvalue weighted by Crippen LogP contribution is 2.60. The summed E-state index contributed by atoms with van der Waals surface area (Å²) in [7, 11) is 0. The fourth-order valence-corrected chi connectivity index (χ4v) is 7.40. The van der Waals surface area contributed by atoms with Gasteiger partial charge in [0.2, 0.25) is 11.8 Å². The van der Waals surface area contributed by atoms with Crippen LogP contribution in [0.25, 0.3) is 0 Å². The average Bonchev–Trinajstić information content (AvgIpc) is 3.17. The number of halogens is 2. The molecule has 4 aliphatic carbocycles. The molecule has 0 unspecified atom stereocenters. The number of hydrogen-bond acceptors (Lipinski definition) is 3. The first-order valence-corrected chi connectivity index (χ1v) is 12.0. The first kappa shape index (κ1) is 20.3. The van der Waals surface area contributed by atoms with Crippen LogP contribution in [0.4, 0.5) is 14.5 Å². The Bertz CT molecular complexity index is 794. The minimum absolute atomic E-state index is 0.167. The molecule has 4 nitrogen and oxygen atoms in total. The van der Waals surface area contributed by atoms with Gasteiger partial charge in [-0.25, -0.2) is 0 Å². The summed E-state index contributed by atoms with van der Waals surface area (Å²) in [6.45, 7) is 0.655. The second-order valence-corrected chi connectivity index (χ2v) is 10.8. The number of hydrogen-bond donors (Lipinski definition) is 1. The third-order valence-electron chi connectivity index (χ3n) is 7.66. The highest BCUT2D eigenvalue weighted by molar-refractivity contribution is 7.99. The second-order valence-electron chi connectivity index (χ2n) is 9.75. The maximum absolute atomic E-state index is 13.7. The minimum Gasteiger partial charge on any atom is -0.330 e. The molecule has 1 aliphatic heterocycles. The highest BCUT2D eigenvalue weighted by atomic mass is 32.2. The van der Waals surface area contributed by atoms with Crippen LogP contribution in [-0.4, -0.2) is 35.1 Å². The Kier molecular flexibility index (Phi) is 5.28. The van der Waals surface area contributed by atoms with Crippen LogP contribution in [0.5, 0.6) is 0 Å². The lowest BCUT2D eigenvalue weighted by atomic mass is 9.49. The van der Waals surface area contributed by atoms with E-state index in [-0.39, 0.29) is 17.2 Å². The predicted octanol–water partition coefficient (Wildman–Crippen LogP) is 5.15. The van der Waals surface area contributed by atoms with Crippen LogP contribution < -0.4 is 5.32 Å². The maximum atomic E-state index is 13.7. The van der Waals surface area contributed by atoms with E-state index >= 15 is 0 Å². The Balaban J connectivity index is 1.27. The molecule has 4 bridgehead atoms. The van der Waals surface area contributed by atoms with Gasteiger partial charge in [-0.15, -0.1) is 0 Å². The van der Waals surface area contributed by atoms with Crippen molar-refractivity contribution in [3.05, 3.63) is 24.3 Å². The predicted molar refractivity (Wildman–Crippen MR) is 112 cm³/mol. The minimum atomic E-state index is -2.46.